The van der Waals surface area contributed by atoms with Gasteiger partial charge in [-0.2, -0.15) is 0 Å². The third-order valence-electron chi connectivity index (χ3n) is 17.2. The molecule has 0 aromatic rings. The molecule has 0 radical (unpaired) electrons. The second-order valence-corrected chi connectivity index (χ2v) is 27.0. The number of carboxylic acids is 1. The normalized spacial score (nSPS) is 23.0. The van der Waals surface area contributed by atoms with Crippen LogP contribution in [0.3, 0.4) is 0 Å². The fraction of sp³-hybridized carbons (Fsp3) is 0.708. The minimum Gasteiger partial charge on any atom is -0.481 e. The average Bonchev–Trinajstić information content (AvgIpc) is 0.791. The van der Waals surface area contributed by atoms with Crippen molar-refractivity contribution in [1.29, 1.82) is 0 Å². The number of carboxylic acid groups (broad SMARTS) is 1. The summed E-state index contributed by atoms with van der Waals surface area (Å²) in [6, 6.07) is -5.90. The first-order valence-electron chi connectivity index (χ1n) is 37.0. The first kappa shape index (κ1) is 97.5. The number of Topliss-reactive ketones (excluding diaryl/α,β-unsaturated/α-hetero) is 3. The lowest BCUT2D eigenvalue weighted by Gasteiger charge is -2.44. The van der Waals surface area contributed by atoms with Crippen molar-refractivity contribution in [2.45, 2.75) is 277 Å². The summed E-state index contributed by atoms with van der Waals surface area (Å²) in [5.41, 5.74) is 0. The molecule has 3 heterocycles. The number of esters is 9. The first-order valence-corrected chi connectivity index (χ1v) is 37.0. The van der Waals surface area contributed by atoms with Gasteiger partial charge in [0.1, 0.15) is 80.6 Å². The SMILES string of the molecule is CC(=O)NC1C(C(=O)CCCC(=O)NCCN(CCNC(=O)CCCC(=O)C2OC(COC(C)=O)C(OC(C)=O)C(OC(C)=O)C2NC(C)=O)C(=O)CC[C@H](NC(=O)CCCC(=O)C2OC(COC(C)=O)C(OC(C)=O)C(OC(C)=O)C2NC(C)=O)C(=O)NCCCCCC(=O)O)OC(COC(C)=O)C(OC(C)=O)C1OC(C)=O. The van der Waals surface area contributed by atoms with Crippen LogP contribution in [0.2, 0.25) is 0 Å². The van der Waals surface area contributed by atoms with Crippen molar-refractivity contribution < 1.29 is 163 Å². The predicted octanol–water partition coefficient (Wildman–Crippen LogP) is -2.61. The topological polar surface area (TPSA) is 577 Å². The Morgan fingerprint density at radius 3 is 0.956 bits per heavy atom. The molecule has 0 aliphatic carbocycles. The molecule has 3 saturated heterocycles. The largest absolute Gasteiger partial charge is 0.481 e. The van der Waals surface area contributed by atoms with Gasteiger partial charge in [-0.05, 0) is 38.5 Å². The second-order valence-electron chi connectivity index (χ2n) is 27.0. The van der Waals surface area contributed by atoms with Gasteiger partial charge in [0.2, 0.25) is 47.3 Å². The molecule has 0 aromatic heterocycles. The zero-order valence-corrected chi connectivity index (χ0v) is 65.9. The fourth-order valence-corrected chi connectivity index (χ4v) is 12.6. The molecule has 8 amide bonds. The van der Waals surface area contributed by atoms with Crippen molar-refractivity contribution in [1.82, 2.24) is 42.1 Å². The third-order valence-corrected chi connectivity index (χ3v) is 17.2. The van der Waals surface area contributed by atoms with Crippen LogP contribution in [0, 0.1) is 0 Å². The van der Waals surface area contributed by atoms with Crippen molar-refractivity contribution in [3.8, 4) is 0 Å². The van der Waals surface area contributed by atoms with Gasteiger partial charge in [-0.15, -0.1) is 0 Å². The van der Waals surface area contributed by atoms with E-state index in [2.05, 4.69) is 37.2 Å². The third kappa shape index (κ3) is 36.0. The molecule has 638 valence electrons. The molecule has 3 rings (SSSR count). The number of carbonyl (C=O) groups is 21. The van der Waals surface area contributed by atoms with Gasteiger partial charge in [0.15, 0.2) is 54.0 Å². The minimum absolute atomic E-state index is 0.0135. The Kier molecular flexibility index (Phi) is 42.6. The van der Waals surface area contributed by atoms with E-state index in [1.54, 1.807) is 0 Å². The lowest BCUT2D eigenvalue weighted by molar-refractivity contribution is -0.222. The maximum atomic E-state index is 14.5. The molecule has 3 aliphatic rings. The van der Waals surface area contributed by atoms with Crippen LogP contribution in [-0.4, -0.2) is 284 Å². The smallest absolute Gasteiger partial charge is 0.303 e. The summed E-state index contributed by atoms with van der Waals surface area (Å²) in [7, 11) is 0. The van der Waals surface area contributed by atoms with E-state index < -0.39 is 280 Å². The molecule has 42 heteroatoms. The molecular formula is C72H106N8O34. The molecule has 15 unspecified atom stereocenters. The van der Waals surface area contributed by atoms with Gasteiger partial charge in [-0.3, -0.25) is 101 Å². The van der Waals surface area contributed by atoms with Crippen molar-refractivity contribution in [3.05, 3.63) is 0 Å². The summed E-state index contributed by atoms with van der Waals surface area (Å²) >= 11 is 0. The highest BCUT2D eigenvalue weighted by atomic mass is 16.7. The summed E-state index contributed by atoms with van der Waals surface area (Å²) < 4.78 is 65.9. The van der Waals surface area contributed by atoms with E-state index >= 15 is 0 Å². The Bertz CT molecular complexity index is 3330. The van der Waals surface area contributed by atoms with E-state index in [0.717, 1.165) is 83.1 Å². The number of nitrogens with one attached hydrogen (secondary N) is 7. The number of hydrogen-bond acceptors (Lipinski definition) is 33. The molecule has 42 nitrogen and oxygen atoms in total. The van der Waals surface area contributed by atoms with E-state index in [9.17, 15) is 101 Å². The monoisotopic (exact) mass is 1630 g/mol. The van der Waals surface area contributed by atoms with Crippen molar-refractivity contribution in [2.75, 3.05) is 52.5 Å². The van der Waals surface area contributed by atoms with Crippen molar-refractivity contribution >= 4 is 124 Å². The van der Waals surface area contributed by atoms with E-state index in [1.807, 2.05) is 0 Å². The van der Waals surface area contributed by atoms with Crippen LogP contribution in [0.4, 0.5) is 0 Å². The quantitative estimate of drug-likeness (QED) is 0.0176. The molecule has 8 N–H and O–H groups in total. The van der Waals surface area contributed by atoms with E-state index in [4.69, 9.17) is 61.9 Å². The summed E-state index contributed by atoms with van der Waals surface area (Å²) in [5.74, 6) is -16.9. The second kappa shape index (κ2) is 49.8. The number of aliphatic carboxylic acids is 1. The fourth-order valence-electron chi connectivity index (χ4n) is 12.6. The molecule has 16 atom stereocenters. The van der Waals surface area contributed by atoms with Gasteiger partial charge in [0.25, 0.3) is 0 Å². The predicted molar refractivity (Wildman–Crippen MR) is 381 cm³/mol. The van der Waals surface area contributed by atoms with E-state index in [1.165, 1.54) is 4.90 Å². The highest BCUT2D eigenvalue weighted by Crippen LogP contribution is 2.32. The number of unbranched alkanes of at least 4 members (excludes halogenated alkanes) is 2. The summed E-state index contributed by atoms with van der Waals surface area (Å²) in [6.07, 6.45) is -21.6. The van der Waals surface area contributed by atoms with Crippen LogP contribution in [0.1, 0.15) is 179 Å². The van der Waals surface area contributed by atoms with Gasteiger partial charge >= 0.3 is 59.7 Å². The minimum atomic E-state index is -1.66. The van der Waals surface area contributed by atoms with Gasteiger partial charge in [0, 0.05) is 167 Å². The number of amides is 8. The molecule has 3 fully saturated rings. The van der Waals surface area contributed by atoms with Crippen LogP contribution in [0.5, 0.6) is 0 Å². The molecule has 0 bridgehead atoms. The van der Waals surface area contributed by atoms with Gasteiger partial charge < -0.3 is 104 Å². The Labute approximate surface area is 656 Å². The molecule has 3 aliphatic heterocycles. The first-order chi connectivity index (χ1) is 53.6. The summed E-state index contributed by atoms with van der Waals surface area (Å²) in [4.78, 5) is 271. The maximum absolute atomic E-state index is 14.5. The van der Waals surface area contributed by atoms with Crippen LogP contribution < -0.4 is 37.2 Å². The Hall–Kier alpha value is -10.6. The Morgan fingerprint density at radius 1 is 0.342 bits per heavy atom. The number of ether oxygens (including phenoxy) is 12. The lowest BCUT2D eigenvalue weighted by Crippen LogP contribution is -2.67. The van der Waals surface area contributed by atoms with E-state index in [0.29, 0.717) is 12.8 Å². The van der Waals surface area contributed by atoms with Crippen molar-refractivity contribution in [3.63, 3.8) is 0 Å². The Morgan fingerprint density at radius 2 is 0.658 bits per heavy atom. The zero-order valence-electron chi connectivity index (χ0n) is 65.9. The standard InChI is InChI=1S/C72H106N8O34/c1-36(81)76-60-63(112-52(33-103-39(4)84)66(106-42(7)87)69(60)109-45(10)90)49(93)19-16-22-55(96)73-29-31-80(32-30-74-56(97)23-17-20-50(94)64-61(77-37(2)82)70(110-46(11)91)67(107-43(8)88)53(113-64)34-104-40(5)85)58(99)27-26-48(72(102)75-28-15-13-14-25-59(100)101)79-57(98)24-18-21-51(95)65-62(78-38(3)83)71(111-47(12)92)68(108-44(9)89)54(114-65)35-105-41(6)86/h48,52-54,60-71H,13-35H2,1-12H3,(H,73,96)(H,74,97)(H,75,102)(H,76,81)(H,77,82)(H,78,83)(H,79,98)(H,100,101)/t48-,52?,53?,54?,60?,61?,62?,63?,64?,65?,66?,67?,68?,69?,70?,71?/m0/s1. The Balaban J connectivity index is 1.93. The van der Waals surface area contributed by atoms with Gasteiger partial charge in [-0.25, -0.2) is 0 Å². The number of nitrogens with zero attached hydrogens (tertiary/aromatic N) is 1. The summed E-state index contributed by atoms with van der Waals surface area (Å²) in [6.45, 7) is 9.59. The van der Waals surface area contributed by atoms with Gasteiger partial charge in [0.05, 0.1) is 0 Å². The van der Waals surface area contributed by atoms with Crippen LogP contribution in [-0.2, 0) is 158 Å². The number of rotatable bonds is 47. The van der Waals surface area contributed by atoms with E-state index in [-0.39, 0.29) is 77.7 Å². The number of ketones is 3. The highest BCUT2D eigenvalue weighted by Gasteiger charge is 2.56. The average molecular weight is 1630 g/mol. The molecule has 0 aromatic carbocycles. The zero-order chi connectivity index (χ0) is 85.6. The van der Waals surface area contributed by atoms with Crippen LogP contribution in [0.25, 0.3) is 0 Å². The maximum Gasteiger partial charge on any atom is 0.303 e. The molecule has 114 heavy (non-hydrogen) atoms. The molecule has 0 spiro atoms. The van der Waals surface area contributed by atoms with Crippen molar-refractivity contribution in [2.24, 2.45) is 0 Å². The number of carbonyl (C=O) groups excluding carboxylic acids is 20. The molecule has 0 saturated carbocycles. The highest BCUT2D eigenvalue weighted by molar-refractivity contribution is 5.91. The van der Waals surface area contributed by atoms with Crippen LogP contribution >= 0.6 is 0 Å². The van der Waals surface area contributed by atoms with Crippen LogP contribution in [0.15, 0.2) is 0 Å². The van der Waals surface area contributed by atoms with Gasteiger partial charge in [-0.1, -0.05) is 6.42 Å². The molecular weight excluding hydrogens is 1520 g/mol. The lowest BCUT2D eigenvalue weighted by atomic mass is 9.88. The number of hydrogen-bond donors (Lipinski definition) is 8. The summed E-state index contributed by atoms with van der Waals surface area (Å²) in [5, 5.41) is 27.1.